The fourth-order valence-corrected chi connectivity index (χ4v) is 3.07. The van der Waals surface area contributed by atoms with Crippen LogP contribution >= 0.6 is 0 Å². The van der Waals surface area contributed by atoms with E-state index in [4.69, 9.17) is 0 Å². The number of aromatic nitrogens is 1. The predicted molar refractivity (Wildman–Crippen MR) is 83.5 cm³/mol. The van der Waals surface area contributed by atoms with Gasteiger partial charge in [0.25, 0.3) is 0 Å². The average Bonchev–Trinajstić information content (AvgIpc) is 2.52. The van der Waals surface area contributed by atoms with Crippen molar-refractivity contribution in [3.63, 3.8) is 0 Å². The molecule has 2 amide bonds. The first-order valence-electron chi connectivity index (χ1n) is 7.86. The van der Waals surface area contributed by atoms with Gasteiger partial charge in [0.1, 0.15) is 6.04 Å². The first-order valence-corrected chi connectivity index (χ1v) is 7.86. The highest BCUT2D eigenvalue weighted by Gasteiger charge is 2.26. The number of imide groups is 1. The Balaban J connectivity index is 1.59. The number of anilines is 1. The van der Waals surface area contributed by atoms with E-state index in [1.54, 1.807) is 6.20 Å². The van der Waals surface area contributed by atoms with Crippen molar-refractivity contribution in [3.05, 3.63) is 24.0 Å². The van der Waals surface area contributed by atoms with Crippen molar-refractivity contribution in [1.82, 2.24) is 15.2 Å². The molecule has 1 atom stereocenters. The normalized spacial score (nSPS) is 24.1. The van der Waals surface area contributed by atoms with Crippen molar-refractivity contribution in [2.75, 3.05) is 25.5 Å². The number of hydrogen-bond donors (Lipinski definition) is 2. The third-order valence-corrected chi connectivity index (χ3v) is 4.50. The molecule has 0 aliphatic carbocycles. The highest BCUT2D eigenvalue weighted by atomic mass is 16.2. The van der Waals surface area contributed by atoms with Crippen molar-refractivity contribution < 1.29 is 9.59 Å². The number of hydrogen-bond acceptors (Lipinski definition) is 5. The standard InChI is InChI=1S/C16H22N4O2/c1-20-8-6-11(7-9-20)13-3-2-12(10-17-13)18-14-4-5-15(21)19-16(14)22/h2-3,10-11,14,18H,4-9H2,1H3,(H,19,21,22). The van der Waals surface area contributed by atoms with Gasteiger partial charge in [-0.15, -0.1) is 0 Å². The van der Waals surface area contributed by atoms with Crippen molar-refractivity contribution in [3.8, 4) is 0 Å². The van der Waals surface area contributed by atoms with E-state index in [1.165, 1.54) is 0 Å². The second-order valence-corrected chi connectivity index (χ2v) is 6.20. The lowest BCUT2D eigenvalue weighted by Crippen LogP contribution is -2.47. The molecule has 0 bridgehead atoms. The van der Waals surface area contributed by atoms with Crippen molar-refractivity contribution >= 4 is 17.5 Å². The fraction of sp³-hybridized carbons (Fsp3) is 0.562. The predicted octanol–water partition coefficient (Wildman–Crippen LogP) is 1.11. The van der Waals surface area contributed by atoms with Gasteiger partial charge in [0.05, 0.1) is 11.9 Å². The number of piperidine rings is 2. The lowest BCUT2D eigenvalue weighted by molar-refractivity contribution is -0.133. The van der Waals surface area contributed by atoms with Gasteiger partial charge < -0.3 is 10.2 Å². The maximum absolute atomic E-state index is 11.7. The summed E-state index contributed by atoms with van der Waals surface area (Å²) in [5.74, 6) is 0.0790. The van der Waals surface area contributed by atoms with Crippen molar-refractivity contribution in [2.45, 2.75) is 37.6 Å². The summed E-state index contributed by atoms with van der Waals surface area (Å²) in [5.41, 5.74) is 1.95. The molecule has 3 rings (SSSR count). The number of nitrogens with one attached hydrogen (secondary N) is 2. The van der Waals surface area contributed by atoms with E-state index in [2.05, 4.69) is 27.6 Å². The molecule has 0 saturated carbocycles. The van der Waals surface area contributed by atoms with Crippen LogP contribution in [-0.2, 0) is 9.59 Å². The van der Waals surface area contributed by atoms with Gasteiger partial charge in [-0.25, -0.2) is 0 Å². The second-order valence-electron chi connectivity index (χ2n) is 6.20. The summed E-state index contributed by atoms with van der Waals surface area (Å²) in [6.45, 7) is 2.23. The number of pyridine rings is 1. The minimum absolute atomic E-state index is 0.196. The number of rotatable bonds is 3. The monoisotopic (exact) mass is 302 g/mol. The molecule has 1 aromatic rings. The molecule has 2 fully saturated rings. The highest BCUT2D eigenvalue weighted by Crippen LogP contribution is 2.26. The summed E-state index contributed by atoms with van der Waals surface area (Å²) in [4.78, 5) is 29.8. The smallest absolute Gasteiger partial charge is 0.249 e. The van der Waals surface area contributed by atoms with E-state index >= 15 is 0 Å². The van der Waals surface area contributed by atoms with Crippen LogP contribution in [0.3, 0.4) is 0 Å². The lowest BCUT2D eigenvalue weighted by atomic mass is 9.93. The van der Waals surface area contributed by atoms with E-state index in [1.807, 2.05) is 12.1 Å². The molecule has 1 unspecified atom stereocenters. The first-order chi connectivity index (χ1) is 10.6. The molecule has 2 saturated heterocycles. The average molecular weight is 302 g/mol. The van der Waals surface area contributed by atoms with Crippen LogP contribution in [0.4, 0.5) is 5.69 Å². The van der Waals surface area contributed by atoms with Gasteiger partial charge in [0.2, 0.25) is 11.8 Å². The van der Waals surface area contributed by atoms with Crippen LogP contribution in [0.25, 0.3) is 0 Å². The van der Waals surface area contributed by atoms with Crippen LogP contribution < -0.4 is 10.6 Å². The summed E-state index contributed by atoms with van der Waals surface area (Å²) >= 11 is 0. The summed E-state index contributed by atoms with van der Waals surface area (Å²) in [5, 5.41) is 5.50. The van der Waals surface area contributed by atoms with Gasteiger partial charge in [0, 0.05) is 18.0 Å². The van der Waals surface area contributed by atoms with Gasteiger partial charge >= 0.3 is 0 Å². The molecule has 6 nitrogen and oxygen atoms in total. The van der Waals surface area contributed by atoms with Crippen molar-refractivity contribution in [2.24, 2.45) is 0 Å². The Morgan fingerprint density at radius 2 is 2.00 bits per heavy atom. The summed E-state index contributed by atoms with van der Waals surface area (Å²) < 4.78 is 0. The van der Waals surface area contributed by atoms with Crippen LogP contribution in [0.2, 0.25) is 0 Å². The fourth-order valence-electron chi connectivity index (χ4n) is 3.07. The van der Waals surface area contributed by atoms with E-state index in [0.29, 0.717) is 18.8 Å². The van der Waals surface area contributed by atoms with Gasteiger partial charge in [-0.3, -0.25) is 19.9 Å². The van der Waals surface area contributed by atoms with Crippen molar-refractivity contribution in [1.29, 1.82) is 0 Å². The molecule has 1 aromatic heterocycles. The number of carbonyl (C=O) groups is 2. The molecule has 2 N–H and O–H groups in total. The van der Waals surface area contributed by atoms with E-state index in [0.717, 1.165) is 37.3 Å². The van der Waals surface area contributed by atoms with E-state index < -0.39 is 0 Å². The van der Waals surface area contributed by atoms with Gasteiger partial charge in [-0.1, -0.05) is 0 Å². The Labute approximate surface area is 130 Å². The zero-order chi connectivity index (χ0) is 15.5. The number of nitrogens with zero attached hydrogens (tertiary/aromatic N) is 2. The quantitative estimate of drug-likeness (QED) is 0.818. The Kier molecular flexibility index (Phi) is 4.38. The molecule has 3 heterocycles. The molecule has 6 heteroatoms. The summed E-state index contributed by atoms with van der Waals surface area (Å²) in [7, 11) is 2.15. The largest absolute Gasteiger partial charge is 0.372 e. The highest BCUT2D eigenvalue weighted by molar-refractivity contribution is 6.01. The molecule has 22 heavy (non-hydrogen) atoms. The molecule has 0 radical (unpaired) electrons. The maximum atomic E-state index is 11.7. The molecular formula is C16H22N4O2. The Hall–Kier alpha value is -1.95. The summed E-state index contributed by atoms with van der Waals surface area (Å²) in [6.07, 6.45) is 4.98. The number of amides is 2. The SMILES string of the molecule is CN1CCC(c2ccc(NC3CCC(=O)NC3=O)cn2)CC1. The Morgan fingerprint density at radius 1 is 1.23 bits per heavy atom. The molecule has 118 valence electrons. The molecule has 0 aromatic carbocycles. The number of likely N-dealkylation sites (tertiary alicyclic amines) is 1. The number of carbonyl (C=O) groups excluding carboxylic acids is 2. The zero-order valence-corrected chi connectivity index (χ0v) is 12.8. The Morgan fingerprint density at radius 3 is 2.64 bits per heavy atom. The van der Waals surface area contributed by atoms with Gasteiger partial charge in [0.15, 0.2) is 0 Å². The van der Waals surface area contributed by atoms with Gasteiger partial charge in [-0.2, -0.15) is 0 Å². The third kappa shape index (κ3) is 3.44. The van der Waals surface area contributed by atoms with Crippen LogP contribution in [-0.4, -0.2) is 47.9 Å². The second kappa shape index (κ2) is 6.44. The van der Waals surface area contributed by atoms with Crippen LogP contribution in [0.5, 0.6) is 0 Å². The van der Waals surface area contributed by atoms with Crippen LogP contribution in [0.15, 0.2) is 18.3 Å². The lowest BCUT2D eigenvalue weighted by Gasteiger charge is -2.28. The minimum atomic E-state index is -0.353. The summed E-state index contributed by atoms with van der Waals surface area (Å²) in [6, 6.07) is 3.67. The van der Waals surface area contributed by atoms with E-state index in [9.17, 15) is 9.59 Å². The van der Waals surface area contributed by atoms with E-state index in [-0.39, 0.29) is 17.9 Å². The Bertz CT molecular complexity index is 550. The topological polar surface area (TPSA) is 74.3 Å². The first kappa shape index (κ1) is 15.0. The molecule has 2 aliphatic heterocycles. The minimum Gasteiger partial charge on any atom is -0.372 e. The zero-order valence-electron chi connectivity index (χ0n) is 12.8. The van der Waals surface area contributed by atoms with Crippen LogP contribution in [0, 0.1) is 0 Å². The van der Waals surface area contributed by atoms with Crippen LogP contribution in [0.1, 0.15) is 37.3 Å². The van der Waals surface area contributed by atoms with Gasteiger partial charge in [-0.05, 0) is 51.5 Å². The molecule has 0 spiro atoms. The molecule has 2 aliphatic rings. The third-order valence-electron chi connectivity index (χ3n) is 4.50. The maximum Gasteiger partial charge on any atom is 0.249 e. The molecular weight excluding hydrogens is 280 g/mol.